The van der Waals surface area contributed by atoms with E-state index in [1.807, 2.05) is 18.2 Å². The van der Waals surface area contributed by atoms with Crippen LogP contribution in [0.4, 0.5) is 4.39 Å². The second-order valence-corrected chi connectivity index (χ2v) is 5.19. The number of ether oxygens (including phenoxy) is 1. The van der Waals surface area contributed by atoms with Crippen LogP contribution in [0.25, 0.3) is 0 Å². The fourth-order valence-electron chi connectivity index (χ4n) is 2.49. The van der Waals surface area contributed by atoms with Crippen molar-refractivity contribution in [3.8, 4) is 5.75 Å². The summed E-state index contributed by atoms with van der Waals surface area (Å²) in [6, 6.07) is 13.2. The second kappa shape index (κ2) is 5.63. The average molecular weight is 271 g/mol. The molecule has 2 aromatic rings. The van der Waals surface area contributed by atoms with Crippen molar-refractivity contribution in [1.82, 2.24) is 5.32 Å². The minimum Gasteiger partial charge on any atom is -0.493 e. The third-order valence-electron chi connectivity index (χ3n) is 3.74. The zero-order valence-electron chi connectivity index (χ0n) is 11.5. The molecule has 0 radical (unpaired) electrons. The van der Waals surface area contributed by atoms with Gasteiger partial charge >= 0.3 is 0 Å². The fraction of sp³-hybridized carbons (Fsp3) is 0.294. The molecule has 2 aromatic carbocycles. The van der Waals surface area contributed by atoms with Gasteiger partial charge in [0.2, 0.25) is 0 Å². The van der Waals surface area contributed by atoms with Crippen LogP contribution in [0.2, 0.25) is 0 Å². The highest BCUT2D eigenvalue weighted by Gasteiger charge is 2.12. The molecule has 0 unspecified atom stereocenters. The third-order valence-corrected chi connectivity index (χ3v) is 3.74. The van der Waals surface area contributed by atoms with Crippen molar-refractivity contribution >= 4 is 0 Å². The molecule has 0 saturated heterocycles. The van der Waals surface area contributed by atoms with Crippen LogP contribution in [0.3, 0.4) is 0 Å². The summed E-state index contributed by atoms with van der Waals surface area (Å²) in [6.07, 6.45) is 0.997. The minimum atomic E-state index is -0.195. The summed E-state index contributed by atoms with van der Waals surface area (Å²) in [5.41, 5.74) is 3.64. The van der Waals surface area contributed by atoms with Crippen molar-refractivity contribution in [3.63, 3.8) is 0 Å². The van der Waals surface area contributed by atoms with E-state index in [1.165, 1.54) is 23.3 Å². The van der Waals surface area contributed by atoms with E-state index in [0.29, 0.717) is 0 Å². The van der Waals surface area contributed by atoms with E-state index in [2.05, 4.69) is 24.4 Å². The fourth-order valence-corrected chi connectivity index (χ4v) is 2.49. The van der Waals surface area contributed by atoms with Gasteiger partial charge in [0, 0.05) is 19.0 Å². The highest BCUT2D eigenvalue weighted by molar-refractivity contribution is 5.39. The lowest BCUT2D eigenvalue weighted by Crippen LogP contribution is -2.18. The standard InChI is InChI=1S/C17H18FNO/c1-12(14-3-5-16(18)6-4-14)19-11-13-2-7-17-15(10-13)8-9-20-17/h2-7,10,12,19H,8-9,11H2,1H3/t12-/m0/s1. The van der Waals surface area contributed by atoms with Crippen LogP contribution >= 0.6 is 0 Å². The van der Waals surface area contributed by atoms with Crippen molar-refractivity contribution in [3.05, 3.63) is 65.0 Å². The van der Waals surface area contributed by atoms with Gasteiger partial charge in [0.05, 0.1) is 6.61 Å². The second-order valence-electron chi connectivity index (χ2n) is 5.19. The van der Waals surface area contributed by atoms with Crippen LogP contribution in [0.15, 0.2) is 42.5 Å². The number of halogens is 1. The molecule has 0 saturated carbocycles. The van der Waals surface area contributed by atoms with Gasteiger partial charge in [-0.2, -0.15) is 0 Å². The molecule has 1 atom stereocenters. The van der Waals surface area contributed by atoms with Crippen molar-refractivity contribution in [2.24, 2.45) is 0 Å². The first-order valence-electron chi connectivity index (χ1n) is 6.96. The van der Waals surface area contributed by atoms with Gasteiger partial charge < -0.3 is 10.1 Å². The zero-order valence-corrected chi connectivity index (χ0v) is 11.5. The maximum absolute atomic E-state index is 12.9. The SMILES string of the molecule is C[C@H](NCc1ccc2c(c1)CCO2)c1ccc(F)cc1. The number of benzene rings is 2. The largest absolute Gasteiger partial charge is 0.493 e. The molecule has 3 rings (SSSR count). The van der Waals surface area contributed by atoms with Gasteiger partial charge in [-0.25, -0.2) is 4.39 Å². The molecular formula is C17H18FNO. The molecule has 0 bridgehead atoms. The van der Waals surface area contributed by atoms with Gasteiger partial charge in [-0.1, -0.05) is 24.3 Å². The van der Waals surface area contributed by atoms with Crippen LogP contribution < -0.4 is 10.1 Å². The number of rotatable bonds is 4. The van der Waals surface area contributed by atoms with Crippen molar-refractivity contribution in [1.29, 1.82) is 0 Å². The first-order valence-corrected chi connectivity index (χ1v) is 6.96. The molecule has 3 heteroatoms. The van der Waals surface area contributed by atoms with E-state index in [1.54, 1.807) is 0 Å². The van der Waals surface area contributed by atoms with Gasteiger partial charge in [-0.15, -0.1) is 0 Å². The Kier molecular flexibility index (Phi) is 3.70. The van der Waals surface area contributed by atoms with E-state index >= 15 is 0 Å². The first-order chi connectivity index (χ1) is 9.72. The molecule has 0 aliphatic carbocycles. The van der Waals surface area contributed by atoms with Crippen molar-refractivity contribution < 1.29 is 9.13 Å². The zero-order chi connectivity index (χ0) is 13.9. The molecule has 0 fully saturated rings. The van der Waals surface area contributed by atoms with Crippen LogP contribution in [-0.2, 0) is 13.0 Å². The molecule has 1 N–H and O–H groups in total. The predicted molar refractivity (Wildman–Crippen MR) is 77.3 cm³/mol. The predicted octanol–water partition coefficient (Wildman–Crippen LogP) is 3.61. The lowest BCUT2D eigenvalue weighted by atomic mass is 10.1. The molecule has 0 amide bonds. The first kappa shape index (κ1) is 13.1. The van der Waals surface area contributed by atoms with Gasteiger partial charge in [-0.05, 0) is 41.8 Å². The summed E-state index contributed by atoms with van der Waals surface area (Å²) >= 11 is 0. The van der Waals surface area contributed by atoms with E-state index < -0.39 is 0 Å². The summed E-state index contributed by atoms with van der Waals surface area (Å²) in [5, 5.41) is 3.46. The van der Waals surface area contributed by atoms with E-state index in [-0.39, 0.29) is 11.9 Å². The Bertz CT molecular complexity index is 594. The lowest BCUT2D eigenvalue weighted by molar-refractivity contribution is 0.357. The number of nitrogens with one attached hydrogen (secondary N) is 1. The van der Waals surface area contributed by atoms with Gasteiger partial charge in [0.1, 0.15) is 11.6 Å². The number of hydrogen-bond acceptors (Lipinski definition) is 2. The Morgan fingerprint density at radius 1 is 1.20 bits per heavy atom. The maximum Gasteiger partial charge on any atom is 0.123 e. The van der Waals surface area contributed by atoms with E-state index in [9.17, 15) is 4.39 Å². The topological polar surface area (TPSA) is 21.3 Å². The van der Waals surface area contributed by atoms with Crippen molar-refractivity contribution in [2.45, 2.75) is 25.9 Å². The highest BCUT2D eigenvalue weighted by atomic mass is 19.1. The van der Waals surface area contributed by atoms with Crippen LogP contribution in [-0.4, -0.2) is 6.61 Å². The van der Waals surface area contributed by atoms with E-state index in [0.717, 1.165) is 30.9 Å². The summed E-state index contributed by atoms with van der Waals surface area (Å²) in [7, 11) is 0. The third kappa shape index (κ3) is 2.83. The molecule has 0 aromatic heterocycles. The molecule has 104 valence electrons. The molecule has 2 nitrogen and oxygen atoms in total. The van der Waals surface area contributed by atoms with Gasteiger partial charge in [-0.3, -0.25) is 0 Å². The maximum atomic E-state index is 12.9. The monoisotopic (exact) mass is 271 g/mol. The summed E-state index contributed by atoms with van der Waals surface area (Å²) in [4.78, 5) is 0. The number of fused-ring (bicyclic) bond motifs is 1. The Labute approximate surface area is 118 Å². The van der Waals surface area contributed by atoms with Gasteiger partial charge in [0.15, 0.2) is 0 Å². The molecule has 1 aliphatic rings. The van der Waals surface area contributed by atoms with Crippen LogP contribution in [0.1, 0.15) is 29.7 Å². The average Bonchev–Trinajstić information content (AvgIpc) is 2.93. The highest BCUT2D eigenvalue weighted by Crippen LogP contribution is 2.26. The quantitative estimate of drug-likeness (QED) is 0.917. The van der Waals surface area contributed by atoms with Crippen LogP contribution in [0, 0.1) is 5.82 Å². The molecular weight excluding hydrogens is 253 g/mol. The minimum absolute atomic E-state index is 0.195. The Hall–Kier alpha value is -1.87. The molecule has 1 heterocycles. The Morgan fingerprint density at radius 2 is 2.00 bits per heavy atom. The Morgan fingerprint density at radius 3 is 2.80 bits per heavy atom. The number of hydrogen-bond donors (Lipinski definition) is 1. The normalized spacial score (nSPS) is 14.7. The smallest absolute Gasteiger partial charge is 0.123 e. The summed E-state index contributed by atoms with van der Waals surface area (Å²) < 4.78 is 18.4. The molecule has 0 spiro atoms. The molecule has 20 heavy (non-hydrogen) atoms. The summed E-state index contributed by atoms with van der Waals surface area (Å²) in [6.45, 7) is 3.67. The van der Waals surface area contributed by atoms with Crippen LogP contribution in [0.5, 0.6) is 5.75 Å². The summed E-state index contributed by atoms with van der Waals surface area (Å²) in [5.74, 6) is 0.819. The lowest BCUT2D eigenvalue weighted by Gasteiger charge is -2.14. The van der Waals surface area contributed by atoms with E-state index in [4.69, 9.17) is 4.74 Å². The Balaban J connectivity index is 1.63. The molecule has 1 aliphatic heterocycles. The van der Waals surface area contributed by atoms with Gasteiger partial charge in [0.25, 0.3) is 0 Å². The van der Waals surface area contributed by atoms with Crippen molar-refractivity contribution in [2.75, 3.05) is 6.61 Å².